The molecule has 0 aliphatic heterocycles. The number of aryl methyl sites for hydroxylation is 1. The van der Waals surface area contributed by atoms with E-state index in [1.807, 2.05) is 6.07 Å². The van der Waals surface area contributed by atoms with Crippen LogP contribution in [0.1, 0.15) is 55.7 Å². The average Bonchev–Trinajstić information content (AvgIpc) is 2.42. The minimum absolute atomic E-state index is 0.387. The largest absolute Gasteiger partial charge is 0.508 e. The van der Waals surface area contributed by atoms with Gasteiger partial charge in [0, 0.05) is 18.1 Å². The third kappa shape index (κ3) is 2.93. The van der Waals surface area contributed by atoms with Gasteiger partial charge in [0.05, 0.1) is 0 Å². The van der Waals surface area contributed by atoms with Gasteiger partial charge in [-0.2, -0.15) is 0 Å². The van der Waals surface area contributed by atoms with Crippen LogP contribution in [-0.4, -0.2) is 17.2 Å². The monoisotopic (exact) mass is 260 g/mol. The number of aromatic hydroxyl groups is 1. The Bertz CT molecular complexity index is 438. The summed E-state index contributed by atoms with van der Waals surface area (Å²) in [5.41, 5.74) is 8.67. The number of nitrogens with one attached hydrogen (secondary N) is 1. The Labute approximate surface area is 115 Å². The number of phenols is 1. The topological polar surface area (TPSA) is 58.3 Å². The fraction of sp³-hybridized carbons (Fsp3) is 0.625. The summed E-state index contributed by atoms with van der Waals surface area (Å²) in [6.07, 6.45) is 8.20. The average molecular weight is 260 g/mol. The van der Waals surface area contributed by atoms with Gasteiger partial charge >= 0.3 is 0 Å². The lowest BCUT2D eigenvalue weighted by atomic mass is 9.85. The van der Waals surface area contributed by atoms with E-state index in [0.29, 0.717) is 23.9 Å². The zero-order valence-electron chi connectivity index (χ0n) is 11.4. The van der Waals surface area contributed by atoms with Crippen LogP contribution in [0.3, 0.4) is 0 Å². The van der Waals surface area contributed by atoms with Crippen LogP contribution in [0, 0.1) is 0 Å². The number of nitrogens with two attached hydrogens (primary N) is 1. The molecule has 0 saturated heterocycles. The highest BCUT2D eigenvalue weighted by atomic mass is 16.3. The Balaban J connectivity index is 1.71. The molecule has 2 aliphatic rings. The van der Waals surface area contributed by atoms with Crippen LogP contribution in [0.25, 0.3) is 0 Å². The van der Waals surface area contributed by atoms with Gasteiger partial charge in [-0.1, -0.05) is 6.07 Å². The molecule has 1 aromatic carbocycles. The van der Waals surface area contributed by atoms with E-state index in [9.17, 15) is 5.11 Å². The Kier molecular flexibility index (Phi) is 3.76. The molecule has 2 aliphatic carbocycles. The van der Waals surface area contributed by atoms with Crippen LogP contribution in [0.2, 0.25) is 0 Å². The number of rotatable bonds is 2. The number of fused-ring (bicyclic) bond motifs is 1. The molecule has 3 nitrogen and oxygen atoms in total. The van der Waals surface area contributed by atoms with Crippen LogP contribution in [-0.2, 0) is 6.42 Å². The Morgan fingerprint density at radius 1 is 1.11 bits per heavy atom. The summed E-state index contributed by atoms with van der Waals surface area (Å²) in [5, 5.41) is 13.5. The van der Waals surface area contributed by atoms with Crippen molar-refractivity contribution in [2.24, 2.45) is 5.73 Å². The van der Waals surface area contributed by atoms with Gasteiger partial charge in [-0.3, -0.25) is 0 Å². The second kappa shape index (κ2) is 5.51. The highest BCUT2D eigenvalue weighted by Gasteiger charge is 2.25. The molecule has 3 heteroatoms. The summed E-state index contributed by atoms with van der Waals surface area (Å²) in [6.45, 7) is 0. The molecule has 1 aromatic rings. The molecule has 0 spiro atoms. The molecule has 0 bridgehead atoms. The lowest BCUT2D eigenvalue weighted by Crippen LogP contribution is -2.40. The maximum Gasteiger partial charge on any atom is 0.115 e. The van der Waals surface area contributed by atoms with E-state index < -0.39 is 0 Å². The summed E-state index contributed by atoms with van der Waals surface area (Å²) in [4.78, 5) is 0. The van der Waals surface area contributed by atoms with Crippen molar-refractivity contribution in [1.82, 2.24) is 5.32 Å². The SMILES string of the molecule is NC1CCC(NC2CCCc3ccc(O)cc32)CC1. The first-order valence-electron chi connectivity index (χ1n) is 7.56. The number of benzene rings is 1. The molecule has 4 N–H and O–H groups in total. The van der Waals surface area contributed by atoms with E-state index in [1.54, 1.807) is 6.07 Å². The molecular formula is C16H24N2O. The van der Waals surface area contributed by atoms with Crippen LogP contribution < -0.4 is 11.1 Å². The molecule has 1 saturated carbocycles. The standard InChI is InChI=1S/C16H24N2O/c17-12-5-7-13(8-6-12)18-16-3-1-2-11-4-9-14(19)10-15(11)16/h4,9-10,12-13,16,18-19H,1-3,5-8,17H2. The van der Waals surface area contributed by atoms with Gasteiger partial charge in [-0.05, 0) is 68.2 Å². The van der Waals surface area contributed by atoms with E-state index in [0.717, 1.165) is 19.3 Å². The quantitative estimate of drug-likeness (QED) is 0.766. The van der Waals surface area contributed by atoms with Gasteiger partial charge in [0.15, 0.2) is 0 Å². The summed E-state index contributed by atoms with van der Waals surface area (Å²) in [5.74, 6) is 0.387. The molecule has 1 unspecified atom stereocenters. The molecule has 3 rings (SSSR count). The number of hydrogen-bond acceptors (Lipinski definition) is 3. The van der Waals surface area contributed by atoms with Crippen molar-refractivity contribution < 1.29 is 5.11 Å². The highest BCUT2D eigenvalue weighted by molar-refractivity contribution is 5.38. The van der Waals surface area contributed by atoms with Crippen molar-refractivity contribution in [2.75, 3.05) is 0 Å². The zero-order chi connectivity index (χ0) is 13.2. The van der Waals surface area contributed by atoms with Gasteiger partial charge in [-0.15, -0.1) is 0 Å². The minimum atomic E-state index is 0.387. The van der Waals surface area contributed by atoms with E-state index in [4.69, 9.17) is 5.73 Å². The van der Waals surface area contributed by atoms with E-state index in [-0.39, 0.29) is 0 Å². The number of phenolic OH excluding ortho intramolecular Hbond substituents is 1. The second-order valence-electron chi connectivity index (χ2n) is 6.11. The molecule has 0 radical (unpaired) electrons. The minimum Gasteiger partial charge on any atom is -0.508 e. The summed E-state index contributed by atoms with van der Waals surface area (Å²) in [7, 11) is 0. The normalized spacial score (nSPS) is 30.9. The summed E-state index contributed by atoms with van der Waals surface area (Å²) in [6, 6.07) is 7.24. The van der Waals surface area contributed by atoms with E-state index in [2.05, 4.69) is 11.4 Å². The first-order valence-corrected chi connectivity index (χ1v) is 7.56. The predicted octanol–water partition coefficient (Wildman–Crippen LogP) is 2.63. The Hall–Kier alpha value is -1.06. The lowest BCUT2D eigenvalue weighted by Gasteiger charge is -2.33. The second-order valence-corrected chi connectivity index (χ2v) is 6.11. The fourth-order valence-corrected chi connectivity index (χ4v) is 3.53. The smallest absolute Gasteiger partial charge is 0.115 e. The summed E-state index contributed by atoms with van der Waals surface area (Å²) < 4.78 is 0. The van der Waals surface area contributed by atoms with E-state index >= 15 is 0 Å². The fourth-order valence-electron chi connectivity index (χ4n) is 3.53. The Morgan fingerprint density at radius 2 is 1.89 bits per heavy atom. The van der Waals surface area contributed by atoms with Crippen LogP contribution in [0.5, 0.6) is 5.75 Å². The highest BCUT2D eigenvalue weighted by Crippen LogP contribution is 2.33. The van der Waals surface area contributed by atoms with Gasteiger partial charge in [-0.25, -0.2) is 0 Å². The van der Waals surface area contributed by atoms with Gasteiger partial charge in [0.2, 0.25) is 0 Å². The molecule has 19 heavy (non-hydrogen) atoms. The third-order valence-electron chi connectivity index (χ3n) is 4.65. The van der Waals surface area contributed by atoms with Crippen molar-refractivity contribution in [3.05, 3.63) is 29.3 Å². The van der Waals surface area contributed by atoms with Crippen molar-refractivity contribution in [3.8, 4) is 5.75 Å². The lowest BCUT2D eigenvalue weighted by molar-refractivity contribution is 0.302. The van der Waals surface area contributed by atoms with Gasteiger partial charge in [0.25, 0.3) is 0 Å². The first kappa shape index (κ1) is 12.9. The van der Waals surface area contributed by atoms with Crippen LogP contribution in [0.4, 0.5) is 0 Å². The van der Waals surface area contributed by atoms with Crippen LogP contribution in [0.15, 0.2) is 18.2 Å². The van der Waals surface area contributed by atoms with E-state index in [1.165, 1.54) is 36.8 Å². The molecular weight excluding hydrogens is 236 g/mol. The number of hydrogen-bond donors (Lipinski definition) is 3. The van der Waals surface area contributed by atoms with Crippen LogP contribution >= 0.6 is 0 Å². The van der Waals surface area contributed by atoms with Gasteiger partial charge < -0.3 is 16.2 Å². The molecule has 0 aromatic heterocycles. The molecule has 0 heterocycles. The van der Waals surface area contributed by atoms with Gasteiger partial charge in [0.1, 0.15) is 5.75 Å². The third-order valence-corrected chi connectivity index (χ3v) is 4.65. The molecule has 104 valence electrons. The molecule has 1 fully saturated rings. The molecule has 1 atom stereocenters. The Morgan fingerprint density at radius 3 is 2.68 bits per heavy atom. The van der Waals surface area contributed by atoms with Crippen molar-refractivity contribution in [1.29, 1.82) is 0 Å². The zero-order valence-corrected chi connectivity index (χ0v) is 11.4. The maximum absolute atomic E-state index is 9.70. The summed E-state index contributed by atoms with van der Waals surface area (Å²) >= 11 is 0. The maximum atomic E-state index is 9.70. The first-order chi connectivity index (χ1) is 9.22. The van der Waals surface area contributed by atoms with Crippen molar-refractivity contribution >= 4 is 0 Å². The van der Waals surface area contributed by atoms with Crippen molar-refractivity contribution in [2.45, 2.75) is 63.1 Å². The molecule has 0 amide bonds. The van der Waals surface area contributed by atoms with Crippen molar-refractivity contribution in [3.63, 3.8) is 0 Å². The predicted molar refractivity (Wildman–Crippen MR) is 77.2 cm³/mol.